The van der Waals surface area contributed by atoms with Crippen molar-refractivity contribution < 1.29 is 0 Å². The van der Waals surface area contributed by atoms with E-state index in [1.165, 1.54) is 50.6 Å². The highest BCUT2D eigenvalue weighted by atomic mass is 15.2. The van der Waals surface area contributed by atoms with Gasteiger partial charge in [-0.1, -0.05) is 43.7 Å². The molecule has 1 aliphatic carbocycles. The maximum absolute atomic E-state index is 3.67. The molecule has 1 aromatic rings. The Labute approximate surface area is 129 Å². The number of benzene rings is 1. The number of piperidine rings is 1. The molecular weight excluding hydrogens is 256 g/mol. The lowest BCUT2D eigenvalue weighted by Gasteiger charge is -2.43. The Morgan fingerprint density at radius 1 is 1.14 bits per heavy atom. The number of likely N-dealkylation sites (tertiary alicyclic amines) is 1. The second kappa shape index (κ2) is 7.42. The molecule has 1 aliphatic heterocycles. The normalized spacial score (nSPS) is 27.5. The maximum Gasteiger partial charge on any atom is 0.0475 e. The Morgan fingerprint density at radius 3 is 2.76 bits per heavy atom. The second-order valence-electron chi connectivity index (χ2n) is 6.77. The first-order valence-electron chi connectivity index (χ1n) is 8.91. The fourth-order valence-corrected chi connectivity index (χ4v) is 4.40. The zero-order valence-electron chi connectivity index (χ0n) is 13.4. The van der Waals surface area contributed by atoms with Crippen molar-refractivity contribution in [2.45, 2.75) is 57.5 Å². The highest BCUT2D eigenvalue weighted by molar-refractivity contribution is 5.20. The van der Waals surface area contributed by atoms with E-state index in [1.807, 2.05) is 0 Å². The molecule has 1 aromatic carbocycles. The van der Waals surface area contributed by atoms with Gasteiger partial charge in [-0.2, -0.15) is 0 Å². The largest absolute Gasteiger partial charge is 0.315 e. The Hall–Kier alpha value is -0.860. The minimum atomic E-state index is 0.559. The summed E-state index contributed by atoms with van der Waals surface area (Å²) in [7, 11) is 0. The van der Waals surface area contributed by atoms with Gasteiger partial charge in [-0.05, 0) is 56.7 Å². The molecule has 2 fully saturated rings. The van der Waals surface area contributed by atoms with Gasteiger partial charge in [0, 0.05) is 18.6 Å². The van der Waals surface area contributed by atoms with E-state index < -0.39 is 0 Å². The number of fused-ring (bicyclic) bond motifs is 1. The van der Waals surface area contributed by atoms with Crippen LogP contribution in [0.25, 0.3) is 0 Å². The van der Waals surface area contributed by atoms with Crippen LogP contribution in [0.4, 0.5) is 0 Å². The minimum Gasteiger partial charge on any atom is -0.315 e. The van der Waals surface area contributed by atoms with Crippen molar-refractivity contribution >= 4 is 0 Å². The zero-order chi connectivity index (χ0) is 14.5. The predicted molar refractivity (Wildman–Crippen MR) is 89.4 cm³/mol. The van der Waals surface area contributed by atoms with Gasteiger partial charge < -0.3 is 5.32 Å². The van der Waals surface area contributed by atoms with Crippen molar-refractivity contribution in [3.8, 4) is 0 Å². The molecule has 1 saturated heterocycles. The third kappa shape index (κ3) is 3.49. The summed E-state index contributed by atoms with van der Waals surface area (Å²) in [6.45, 7) is 5.76. The topological polar surface area (TPSA) is 15.3 Å². The predicted octanol–water partition coefficient (Wildman–Crippen LogP) is 3.99. The van der Waals surface area contributed by atoms with Crippen LogP contribution in [0.5, 0.6) is 0 Å². The summed E-state index contributed by atoms with van der Waals surface area (Å²) < 4.78 is 0. The lowest BCUT2D eigenvalue weighted by atomic mass is 9.89. The lowest BCUT2D eigenvalue weighted by molar-refractivity contribution is 0.0663. The molecule has 2 nitrogen and oxygen atoms in total. The molecule has 1 saturated carbocycles. The van der Waals surface area contributed by atoms with Crippen LogP contribution in [0, 0.1) is 5.92 Å². The van der Waals surface area contributed by atoms with Crippen molar-refractivity contribution in [3.05, 3.63) is 35.9 Å². The first-order chi connectivity index (χ1) is 10.4. The van der Waals surface area contributed by atoms with E-state index in [9.17, 15) is 0 Å². The van der Waals surface area contributed by atoms with Gasteiger partial charge in [0.05, 0.1) is 0 Å². The Bertz CT molecular complexity index is 417. The van der Waals surface area contributed by atoms with Crippen LogP contribution in [-0.4, -0.2) is 30.6 Å². The van der Waals surface area contributed by atoms with Crippen LogP contribution in [0.1, 0.15) is 57.1 Å². The summed E-state index contributed by atoms with van der Waals surface area (Å²) in [5, 5.41) is 3.67. The fraction of sp³-hybridized carbons (Fsp3) is 0.684. The molecule has 0 radical (unpaired) electrons. The molecule has 1 heterocycles. The van der Waals surface area contributed by atoms with Crippen LogP contribution in [-0.2, 0) is 0 Å². The highest BCUT2D eigenvalue weighted by Gasteiger charge is 2.38. The van der Waals surface area contributed by atoms with Crippen molar-refractivity contribution in [1.29, 1.82) is 0 Å². The van der Waals surface area contributed by atoms with Crippen LogP contribution >= 0.6 is 0 Å². The molecule has 3 atom stereocenters. The summed E-state index contributed by atoms with van der Waals surface area (Å²) in [5.41, 5.74) is 1.49. The molecule has 0 aromatic heterocycles. The molecular formula is C19H30N2. The van der Waals surface area contributed by atoms with Crippen LogP contribution in [0.2, 0.25) is 0 Å². The minimum absolute atomic E-state index is 0.559. The van der Waals surface area contributed by atoms with Gasteiger partial charge >= 0.3 is 0 Å². The average molecular weight is 286 g/mol. The summed E-state index contributed by atoms with van der Waals surface area (Å²) in [4.78, 5) is 2.83. The molecule has 21 heavy (non-hydrogen) atoms. The maximum atomic E-state index is 3.67. The van der Waals surface area contributed by atoms with E-state index in [4.69, 9.17) is 0 Å². The van der Waals surface area contributed by atoms with Crippen molar-refractivity contribution in [1.82, 2.24) is 10.2 Å². The number of nitrogens with one attached hydrogen (secondary N) is 1. The Balaban J connectivity index is 1.77. The van der Waals surface area contributed by atoms with Gasteiger partial charge in [0.1, 0.15) is 0 Å². The molecule has 116 valence electrons. The van der Waals surface area contributed by atoms with Gasteiger partial charge in [0.25, 0.3) is 0 Å². The first kappa shape index (κ1) is 15.1. The van der Waals surface area contributed by atoms with Crippen molar-refractivity contribution in [2.24, 2.45) is 5.92 Å². The van der Waals surface area contributed by atoms with E-state index in [0.29, 0.717) is 6.04 Å². The molecule has 1 N–H and O–H groups in total. The zero-order valence-corrected chi connectivity index (χ0v) is 13.4. The fourth-order valence-electron chi connectivity index (χ4n) is 4.40. The third-order valence-corrected chi connectivity index (χ3v) is 5.39. The summed E-state index contributed by atoms with van der Waals surface area (Å²) in [6.07, 6.45) is 8.39. The van der Waals surface area contributed by atoms with Gasteiger partial charge in [0.15, 0.2) is 0 Å². The van der Waals surface area contributed by atoms with Crippen LogP contribution in [0.3, 0.4) is 0 Å². The Kier molecular flexibility index (Phi) is 5.32. The average Bonchev–Trinajstić information content (AvgIpc) is 3.01. The number of hydrogen-bond donors (Lipinski definition) is 1. The van der Waals surface area contributed by atoms with Crippen LogP contribution in [0.15, 0.2) is 30.3 Å². The second-order valence-corrected chi connectivity index (χ2v) is 6.77. The van der Waals surface area contributed by atoms with E-state index in [0.717, 1.165) is 25.0 Å². The quantitative estimate of drug-likeness (QED) is 0.795. The van der Waals surface area contributed by atoms with Gasteiger partial charge in [-0.15, -0.1) is 0 Å². The van der Waals surface area contributed by atoms with E-state index in [-0.39, 0.29) is 0 Å². The number of rotatable bonds is 6. The first-order valence-corrected chi connectivity index (χ1v) is 8.91. The van der Waals surface area contributed by atoms with E-state index in [2.05, 4.69) is 47.5 Å². The molecule has 3 unspecified atom stereocenters. The molecule has 2 aliphatic rings. The van der Waals surface area contributed by atoms with Gasteiger partial charge in [0.2, 0.25) is 0 Å². The summed E-state index contributed by atoms with van der Waals surface area (Å²) in [5.74, 6) is 0.969. The number of nitrogens with zero attached hydrogens (tertiary/aromatic N) is 1. The third-order valence-electron chi connectivity index (χ3n) is 5.39. The standard InChI is InChI=1S/C19H30N2/c1-2-13-20-15-19(17-8-4-3-5-9-17)21-14-7-11-16-10-6-12-18(16)21/h3-5,8-9,16,18-20H,2,6-7,10-15H2,1H3. The molecule has 0 spiro atoms. The highest BCUT2D eigenvalue weighted by Crippen LogP contribution is 2.40. The monoisotopic (exact) mass is 286 g/mol. The number of hydrogen-bond acceptors (Lipinski definition) is 2. The van der Waals surface area contributed by atoms with Gasteiger partial charge in [-0.25, -0.2) is 0 Å². The summed E-state index contributed by atoms with van der Waals surface area (Å²) >= 11 is 0. The molecule has 3 rings (SSSR count). The van der Waals surface area contributed by atoms with Gasteiger partial charge in [-0.3, -0.25) is 4.90 Å². The molecule has 0 amide bonds. The molecule has 0 bridgehead atoms. The van der Waals surface area contributed by atoms with E-state index >= 15 is 0 Å². The van der Waals surface area contributed by atoms with Crippen LogP contribution < -0.4 is 5.32 Å². The smallest absolute Gasteiger partial charge is 0.0475 e. The van der Waals surface area contributed by atoms with Crippen molar-refractivity contribution in [3.63, 3.8) is 0 Å². The summed E-state index contributed by atoms with van der Waals surface area (Å²) in [6, 6.07) is 12.6. The lowest BCUT2D eigenvalue weighted by Crippen LogP contribution is -2.47. The Morgan fingerprint density at radius 2 is 1.95 bits per heavy atom. The van der Waals surface area contributed by atoms with E-state index in [1.54, 1.807) is 0 Å². The SMILES string of the molecule is CCCNCC(c1ccccc1)N1CCCC2CCCC21. The van der Waals surface area contributed by atoms with Crippen molar-refractivity contribution in [2.75, 3.05) is 19.6 Å². The molecule has 2 heteroatoms.